The summed E-state index contributed by atoms with van der Waals surface area (Å²) in [6, 6.07) is 10.6. The summed E-state index contributed by atoms with van der Waals surface area (Å²) in [5.74, 6) is -1.22. The first-order valence-electron chi connectivity index (χ1n) is 13.7. The average Bonchev–Trinajstić information content (AvgIpc) is 3.50. The second kappa shape index (κ2) is 13.5. The first kappa shape index (κ1) is 30.6. The summed E-state index contributed by atoms with van der Waals surface area (Å²) in [7, 11) is 1.48. The van der Waals surface area contributed by atoms with Gasteiger partial charge in [-0.1, -0.05) is 30.7 Å². The lowest BCUT2D eigenvalue weighted by Gasteiger charge is -2.24. The molecule has 0 spiro atoms. The van der Waals surface area contributed by atoms with Gasteiger partial charge in [-0.3, -0.25) is 14.5 Å². The number of nitrogens with zero attached hydrogens (tertiary/aromatic N) is 2. The third-order valence-corrected chi connectivity index (χ3v) is 7.73. The number of aliphatic hydroxyl groups is 1. The van der Waals surface area contributed by atoms with E-state index < -0.39 is 23.7 Å². The van der Waals surface area contributed by atoms with Gasteiger partial charge in [0.1, 0.15) is 16.4 Å². The normalized spacial score (nSPS) is 16.0. The number of hydrogen-bond donors (Lipinski definition) is 1. The lowest BCUT2D eigenvalue weighted by molar-refractivity contribution is -0.132. The number of unbranched alkanes of at least 4 members (excludes halogenated alkanes) is 1. The number of anilines is 1. The standard InChI is InChI=1S/C31H34N2O8S/c1-6-9-16-41-21-13-10-19(11-14-21)26(34)24-25(20-12-15-22(39-7-2)23(17-20)38-5)33(29(36)27(24)35)31-32-18(4)28(42-31)30(37)40-8-3/h10-15,17,25,34H,6-9,16H2,1-5H3/b26-24-. The zero-order valence-corrected chi connectivity index (χ0v) is 25.1. The number of rotatable bonds is 12. The Morgan fingerprint density at radius 1 is 1.02 bits per heavy atom. The van der Waals surface area contributed by atoms with Crippen LogP contribution in [0.1, 0.15) is 66.1 Å². The molecule has 2 heterocycles. The number of aryl methyl sites for hydroxylation is 1. The van der Waals surface area contributed by atoms with Crippen LogP contribution in [0, 0.1) is 6.92 Å². The molecule has 1 fully saturated rings. The molecule has 0 radical (unpaired) electrons. The molecule has 10 nitrogen and oxygen atoms in total. The maximum atomic E-state index is 13.6. The number of Topliss-reactive ketones (excluding diaryl/α,β-unsaturated/α-hetero) is 1. The number of thiazole rings is 1. The van der Waals surface area contributed by atoms with Crippen LogP contribution in [-0.4, -0.2) is 54.7 Å². The summed E-state index contributed by atoms with van der Waals surface area (Å²) in [4.78, 5) is 45.6. The first-order chi connectivity index (χ1) is 20.2. The molecule has 1 aliphatic heterocycles. The van der Waals surface area contributed by atoms with Gasteiger partial charge in [-0.2, -0.15) is 0 Å². The highest BCUT2D eigenvalue weighted by Gasteiger charge is 2.48. The molecule has 1 N–H and O–H groups in total. The van der Waals surface area contributed by atoms with Crippen molar-refractivity contribution in [2.24, 2.45) is 0 Å². The third-order valence-electron chi connectivity index (χ3n) is 6.59. The highest BCUT2D eigenvalue weighted by molar-refractivity contribution is 7.17. The smallest absolute Gasteiger partial charge is 0.350 e. The predicted octanol–water partition coefficient (Wildman–Crippen LogP) is 5.84. The fourth-order valence-electron chi connectivity index (χ4n) is 4.54. The Bertz CT molecular complexity index is 1500. The van der Waals surface area contributed by atoms with Gasteiger partial charge in [0, 0.05) is 5.56 Å². The first-order valence-corrected chi connectivity index (χ1v) is 14.6. The number of methoxy groups -OCH3 is 1. The largest absolute Gasteiger partial charge is 0.507 e. The number of amides is 1. The zero-order valence-electron chi connectivity index (χ0n) is 24.3. The minimum atomic E-state index is -1.07. The van der Waals surface area contributed by atoms with E-state index in [2.05, 4.69) is 11.9 Å². The van der Waals surface area contributed by atoms with Crippen molar-refractivity contribution in [3.8, 4) is 17.2 Å². The van der Waals surface area contributed by atoms with E-state index in [1.54, 1.807) is 56.3 Å². The van der Waals surface area contributed by atoms with Crippen molar-refractivity contribution in [2.45, 2.75) is 46.6 Å². The highest BCUT2D eigenvalue weighted by atomic mass is 32.1. The topological polar surface area (TPSA) is 124 Å². The maximum absolute atomic E-state index is 13.6. The van der Waals surface area contributed by atoms with Crippen molar-refractivity contribution < 1.29 is 38.4 Å². The Balaban J connectivity index is 1.86. The van der Waals surface area contributed by atoms with Gasteiger partial charge in [0.25, 0.3) is 5.78 Å². The lowest BCUT2D eigenvalue weighted by atomic mass is 9.95. The SMILES string of the molecule is CCCCOc1ccc(/C(O)=C2/C(=O)C(=O)N(c3nc(C)c(C(=O)OCC)s3)C2c2ccc(OCC)c(OC)c2)cc1. The predicted molar refractivity (Wildman–Crippen MR) is 159 cm³/mol. The number of hydrogen-bond acceptors (Lipinski definition) is 10. The molecule has 1 saturated heterocycles. The van der Waals surface area contributed by atoms with Crippen LogP contribution in [-0.2, 0) is 14.3 Å². The number of ketones is 1. The fraction of sp³-hybridized carbons (Fsp3) is 0.355. The fourth-order valence-corrected chi connectivity index (χ4v) is 5.53. The molecule has 1 unspecified atom stereocenters. The van der Waals surface area contributed by atoms with E-state index in [9.17, 15) is 19.5 Å². The van der Waals surface area contributed by atoms with Crippen molar-refractivity contribution in [3.63, 3.8) is 0 Å². The summed E-state index contributed by atoms with van der Waals surface area (Å²) < 4.78 is 22.0. The van der Waals surface area contributed by atoms with Crippen LogP contribution in [0.4, 0.5) is 5.13 Å². The van der Waals surface area contributed by atoms with E-state index >= 15 is 0 Å². The number of carbonyl (C=O) groups is 3. The zero-order chi connectivity index (χ0) is 30.4. The van der Waals surface area contributed by atoms with Crippen LogP contribution in [0.3, 0.4) is 0 Å². The van der Waals surface area contributed by atoms with Gasteiger partial charge in [0.15, 0.2) is 16.6 Å². The number of esters is 1. The summed E-state index contributed by atoms with van der Waals surface area (Å²) >= 11 is 0.942. The van der Waals surface area contributed by atoms with Crippen LogP contribution in [0.2, 0.25) is 0 Å². The van der Waals surface area contributed by atoms with Crippen molar-refractivity contribution in [2.75, 3.05) is 31.8 Å². The summed E-state index contributed by atoms with van der Waals surface area (Å²) in [6.45, 7) is 8.37. The van der Waals surface area contributed by atoms with Gasteiger partial charge in [-0.25, -0.2) is 9.78 Å². The molecule has 4 rings (SSSR count). The average molecular weight is 595 g/mol. The number of benzene rings is 2. The van der Waals surface area contributed by atoms with Gasteiger partial charge in [0.2, 0.25) is 0 Å². The number of aromatic nitrogens is 1. The monoisotopic (exact) mass is 594 g/mol. The summed E-state index contributed by atoms with van der Waals surface area (Å²) in [6.07, 6.45) is 1.90. The van der Waals surface area contributed by atoms with Gasteiger partial charge in [0.05, 0.1) is 44.2 Å². The second-order valence-electron chi connectivity index (χ2n) is 9.37. The van der Waals surface area contributed by atoms with Gasteiger partial charge < -0.3 is 24.1 Å². The highest BCUT2D eigenvalue weighted by Crippen LogP contribution is 2.45. The Morgan fingerprint density at radius 2 is 1.76 bits per heavy atom. The molecule has 3 aromatic rings. The van der Waals surface area contributed by atoms with Crippen LogP contribution in [0.5, 0.6) is 17.2 Å². The number of carbonyl (C=O) groups excluding carboxylic acids is 3. The quantitative estimate of drug-likeness (QED) is 0.0905. The van der Waals surface area contributed by atoms with Crippen molar-refractivity contribution in [1.29, 1.82) is 0 Å². The molecule has 0 aliphatic carbocycles. The molecule has 1 amide bonds. The van der Waals surface area contributed by atoms with E-state index in [4.69, 9.17) is 18.9 Å². The molecule has 0 bridgehead atoms. The molecule has 11 heteroatoms. The van der Waals surface area contributed by atoms with Gasteiger partial charge in [-0.05, 0) is 69.2 Å². The maximum Gasteiger partial charge on any atom is 0.350 e. The minimum Gasteiger partial charge on any atom is -0.507 e. The Hall–Kier alpha value is -4.38. The minimum absolute atomic E-state index is 0.120. The Kier molecular flexibility index (Phi) is 9.84. The van der Waals surface area contributed by atoms with Gasteiger partial charge in [-0.15, -0.1) is 0 Å². The van der Waals surface area contributed by atoms with Crippen LogP contribution < -0.4 is 19.1 Å². The van der Waals surface area contributed by atoms with E-state index in [1.807, 2.05) is 6.92 Å². The van der Waals surface area contributed by atoms with Crippen LogP contribution >= 0.6 is 11.3 Å². The molecule has 42 heavy (non-hydrogen) atoms. The van der Waals surface area contributed by atoms with Crippen LogP contribution in [0.25, 0.3) is 5.76 Å². The third kappa shape index (κ3) is 6.11. The van der Waals surface area contributed by atoms with E-state index in [-0.39, 0.29) is 27.9 Å². The van der Waals surface area contributed by atoms with E-state index in [0.717, 1.165) is 24.2 Å². The summed E-state index contributed by atoms with van der Waals surface area (Å²) in [5, 5.41) is 11.6. The second-order valence-corrected chi connectivity index (χ2v) is 10.3. The molecule has 222 valence electrons. The van der Waals surface area contributed by atoms with Crippen molar-refractivity contribution in [1.82, 2.24) is 4.98 Å². The van der Waals surface area contributed by atoms with Gasteiger partial charge >= 0.3 is 11.9 Å². The lowest BCUT2D eigenvalue weighted by Crippen LogP contribution is -2.29. The molecule has 0 saturated carbocycles. The molecular weight excluding hydrogens is 560 g/mol. The molecule has 2 aromatic carbocycles. The summed E-state index contributed by atoms with van der Waals surface area (Å²) in [5.41, 5.74) is 1.04. The molecule has 1 aliphatic rings. The van der Waals surface area contributed by atoms with Crippen molar-refractivity contribution >= 4 is 39.9 Å². The van der Waals surface area contributed by atoms with Crippen molar-refractivity contribution in [3.05, 3.63) is 69.7 Å². The number of aliphatic hydroxyl groups excluding tert-OH is 1. The molecular formula is C31H34N2O8S. The molecule has 1 atom stereocenters. The number of ether oxygens (including phenoxy) is 4. The molecule has 1 aromatic heterocycles. The van der Waals surface area contributed by atoms with E-state index in [0.29, 0.717) is 47.3 Å². The van der Waals surface area contributed by atoms with Crippen LogP contribution in [0.15, 0.2) is 48.0 Å². The Morgan fingerprint density at radius 3 is 2.40 bits per heavy atom. The van der Waals surface area contributed by atoms with E-state index in [1.165, 1.54) is 12.0 Å². The Labute approximate surface area is 248 Å².